The first-order valence-electron chi connectivity index (χ1n) is 6.19. The Balaban J connectivity index is 2.89. The van der Waals surface area contributed by atoms with Crippen molar-refractivity contribution >= 4 is 11.7 Å². The van der Waals surface area contributed by atoms with Crippen LogP contribution >= 0.6 is 0 Å². The average Bonchev–Trinajstić information content (AvgIpc) is 2.45. The normalized spacial score (nSPS) is 13.0. The lowest BCUT2D eigenvalue weighted by molar-refractivity contribution is 0.0753. The van der Waals surface area contributed by atoms with E-state index < -0.39 is 0 Å². The number of oxime groups is 1. The molecule has 20 heavy (non-hydrogen) atoms. The van der Waals surface area contributed by atoms with Crippen LogP contribution in [-0.4, -0.2) is 45.2 Å². The summed E-state index contributed by atoms with van der Waals surface area (Å²) in [6, 6.07) is 3.88. The standard InChI is InChI=1S/C13H19N3O4/c1-3-16(7-8(2)12(14)15-20)13(19)9-4-5-10(17)11(18)6-9/h4-6,8,17-18,20H,3,7H2,1-2H3,(H2,14,15). The third-order valence-electron chi connectivity index (χ3n) is 3.01. The summed E-state index contributed by atoms with van der Waals surface area (Å²) in [5, 5.41) is 30.2. The van der Waals surface area contributed by atoms with E-state index in [-0.39, 0.29) is 41.3 Å². The Morgan fingerprint density at radius 2 is 2.05 bits per heavy atom. The number of phenolic OH excluding ortho intramolecular Hbond substituents is 2. The maximum atomic E-state index is 12.3. The van der Waals surface area contributed by atoms with Crippen LogP contribution in [-0.2, 0) is 0 Å². The van der Waals surface area contributed by atoms with Crippen LogP contribution in [0.3, 0.4) is 0 Å². The highest BCUT2D eigenvalue weighted by Crippen LogP contribution is 2.25. The molecule has 7 nitrogen and oxygen atoms in total. The summed E-state index contributed by atoms with van der Waals surface area (Å²) < 4.78 is 0. The third kappa shape index (κ3) is 3.53. The highest BCUT2D eigenvalue weighted by Gasteiger charge is 2.19. The number of carbonyl (C=O) groups excluding carboxylic acids is 1. The number of amides is 1. The topological polar surface area (TPSA) is 119 Å². The van der Waals surface area contributed by atoms with Gasteiger partial charge in [-0.2, -0.15) is 0 Å². The Morgan fingerprint density at radius 3 is 2.55 bits per heavy atom. The summed E-state index contributed by atoms with van der Waals surface area (Å²) in [6.45, 7) is 4.26. The van der Waals surface area contributed by atoms with E-state index in [9.17, 15) is 15.0 Å². The van der Waals surface area contributed by atoms with Crippen LogP contribution < -0.4 is 5.73 Å². The first-order valence-corrected chi connectivity index (χ1v) is 6.19. The van der Waals surface area contributed by atoms with Gasteiger partial charge >= 0.3 is 0 Å². The van der Waals surface area contributed by atoms with E-state index in [0.29, 0.717) is 6.54 Å². The molecule has 0 bridgehead atoms. The van der Waals surface area contributed by atoms with Gasteiger partial charge in [-0.25, -0.2) is 0 Å². The molecule has 0 spiro atoms. The van der Waals surface area contributed by atoms with Crippen molar-refractivity contribution in [2.45, 2.75) is 13.8 Å². The molecular formula is C13H19N3O4. The molecule has 1 unspecified atom stereocenters. The van der Waals surface area contributed by atoms with E-state index in [1.54, 1.807) is 13.8 Å². The fraction of sp³-hybridized carbons (Fsp3) is 0.385. The minimum Gasteiger partial charge on any atom is -0.504 e. The van der Waals surface area contributed by atoms with Crippen molar-refractivity contribution in [2.24, 2.45) is 16.8 Å². The maximum Gasteiger partial charge on any atom is 0.254 e. The molecule has 1 amide bonds. The molecule has 0 aliphatic carbocycles. The van der Waals surface area contributed by atoms with Gasteiger partial charge in [0.1, 0.15) is 5.84 Å². The zero-order valence-corrected chi connectivity index (χ0v) is 11.4. The molecule has 5 N–H and O–H groups in total. The molecular weight excluding hydrogens is 262 g/mol. The van der Waals surface area contributed by atoms with Crippen LogP contribution in [0.1, 0.15) is 24.2 Å². The molecule has 1 atom stereocenters. The fourth-order valence-electron chi connectivity index (χ4n) is 1.72. The van der Waals surface area contributed by atoms with Crippen molar-refractivity contribution in [1.82, 2.24) is 4.90 Å². The van der Waals surface area contributed by atoms with Gasteiger partial charge in [0.05, 0.1) is 0 Å². The molecule has 0 aliphatic heterocycles. The minimum absolute atomic E-state index is 0.0461. The predicted molar refractivity (Wildman–Crippen MR) is 73.9 cm³/mol. The van der Waals surface area contributed by atoms with Crippen LogP contribution in [0.4, 0.5) is 0 Å². The maximum absolute atomic E-state index is 12.3. The molecule has 0 saturated heterocycles. The third-order valence-corrected chi connectivity index (χ3v) is 3.01. The zero-order valence-electron chi connectivity index (χ0n) is 11.4. The van der Waals surface area contributed by atoms with Gasteiger partial charge in [-0.05, 0) is 25.1 Å². The van der Waals surface area contributed by atoms with E-state index in [1.165, 1.54) is 23.1 Å². The number of nitrogens with zero attached hydrogens (tertiary/aromatic N) is 2. The largest absolute Gasteiger partial charge is 0.504 e. The van der Waals surface area contributed by atoms with Crippen molar-refractivity contribution < 1.29 is 20.2 Å². The van der Waals surface area contributed by atoms with Crippen LogP contribution in [0.15, 0.2) is 23.4 Å². The number of hydrogen-bond donors (Lipinski definition) is 4. The van der Waals surface area contributed by atoms with Crippen molar-refractivity contribution in [3.63, 3.8) is 0 Å². The number of phenols is 2. The van der Waals surface area contributed by atoms with Gasteiger partial charge < -0.3 is 26.1 Å². The molecule has 1 rings (SSSR count). The predicted octanol–water partition coefficient (Wildman–Crippen LogP) is 0.942. The second kappa shape index (κ2) is 6.65. The van der Waals surface area contributed by atoms with E-state index >= 15 is 0 Å². The van der Waals surface area contributed by atoms with Gasteiger partial charge in [0, 0.05) is 24.6 Å². The smallest absolute Gasteiger partial charge is 0.254 e. The summed E-state index contributed by atoms with van der Waals surface area (Å²) >= 11 is 0. The molecule has 0 radical (unpaired) electrons. The van der Waals surface area contributed by atoms with Gasteiger partial charge in [0.15, 0.2) is 11.5 Å². The Kier molecular flexibility index (Phi) is 5.19. The fourth-order valence-corrected chi connectivity index (χ4v) is 1.72. The number of nitrogens with two attached hydrogens (primary N) is 1. The van der Waals surface area contributed by atoms with Gasteiger partial charge in [0.25, 0.3) is 5.91 Å². The van der Waals surface area contributed by atoms with Crippen molar-refractivity contribution in [1.29, 1.82) is 0 Å². The Bertz CT molecular complexity index is 516. The Morgan fingerprint density at radius 1 is 1.40 bits per heavy atom. The van der Waals surface area contributed by atoms with Gasteiger partial charge in [0.2, 0.25) is 0 Å². The minimum atomic E-state index is -0.351. The second-order valence-electron chi connectivity index (χ2n) is 4.47. The molecule has 1 aromatic carbocycles. The summed E-state index contributed by atoms with van der Waals surface area (Å²) in [5.41, 5.74) is 5.75. The summed E-state index contributed by atoms with van der Waals surface area (Å²) in [7, 11) is 0. The summed E-state index contributed by atoms with van der Waals surface area (Å²) in [6.07, 6.45) is 0. The summed E-state index contributed by atoms with van der Waals surface area (Å²) in [5.74, 6) is -1.19. The monoisotopic (exact) mass is 281 g/mol. The number of hydrogen-bond acceptors (Lipinski definition) is 5. The average molecular weight is 281 g/mol. The Labute approximate surface area is 116 Å². The lowest BCUT2D eigenvalue weighted by Crippen LogP contribution is -2.38. The molecule has 0 saturated carbocycles. The first kappa shape index (κ1) is 15.6. The van der Waals surface area contributed by atoms with E-state index in [1.807, 2.05) is 0 Å². The SMILES string of the molecule is CCN(CC(C)/C(N)=N/O)C(=O)c1ccc(O)c(O)c1. The highest BCUT2D eigenvalue weighted by molar-refractivity contribution is 5.95. The molecule has 0 aliphatic rings. The molecule has 7 heteroatoms. The molecule has 0 aromatic heterocycles. The molecule has 1 aromatic rings. The highest BCUT2D eigenvalue weighted by atomic mass is 16.4. The lowest BCUT2D eigenvalue weighted by Gasteiger charge is -2.24. The second-order valence-corrected chi connectivity index (χ2v) is 4.47. The quantitative estimate of drug-likeness (QED) is 0.210. The number of carbonyl (C=O) groups is 1. The number of amidine groups is 1. The lowest BCUT2D eigenvalue weighted by atomic mass is 10.1. The van der Waals surface area contributed by atoms with Crippen molar-refractivity contribution in [3.8, 4) is 11.5 Å². The molecule has 0 fully saturated rings. The van der Waals surface area contributed by atoms with Gasteiger partial charge in [-0.1, -0.05) is 12.1 Å². The van der Waals surface area contributed by atoms with Gasteiger partial charge in [-0.3, -0.25) is 4.79 Å². The number of aromatic hydroxyl groups is 2. The van der Waals surface area contributed by atoms with E-state index in [4.69, 9.17) is 10.9 Å². The molecule has 0 heterocycles. The summed E-state index contributed by atoms with van der Waals surface area (Å²) in [4.78, 5) is 13.8. The van der Waals surface area contributed by atoms with Crippen LogP contribution in [0.2, 0.25) is 0 Å². The first-order chi connectivity index (χ1) is 9.40. The van der Waals surface area contributed by atoms with Crippen molar-refractivity contribution in [2.75, 3.05) is 13.1 Å². The number of rotatable bonds is 5. The van der Waals surface area contributed by atoms with Crippen LogP contribution in [0.25, 0.3) is 0 Å². The van der Waals surface area contributed by atoms with Crippen LogP contribution in [0.5, 0.6) is 11.5 Å². The Hall–Kier alpha value is -2.44. The van der Waals surface area contributed by atoms with Crippen LogP contribution in [0, 0.1) is 5.92 Å². The zero-order chi connectivity index (χ0) is 15.3. The molecule has 110 valence electrons. The van der Waals surface area contributed by atoms with E-state index in [2.05, 4.69) is 5.16 Å². The van der Waals surface area contributed by atoms with E-state index in [0.717, 1.165) is 0 Å². The number of benzene rings is 1. The van der Waals surface area contributed by atoms with Crippen molar-refractivity contribution in [3.05, 3.63) is 23.8 Å². The van der Waals surface area contributed by atoms with Gasteiger partial charge in [-0.15, -0.1) is 0 Å².